The highest BCUT2D eigenvalue weighted by atomic mass is 79.9. The molecule has 0 spiro atoms. The van der Waals surface area contributed by atoms with Gasteiger partial charge in [-0.2, -0.15) is 0 Å². The number of aryl methyl sites for hydroxylation is 1. The number of carbonyl (C=O) groups is 1. The molecule has 0 atom stereocenters. The number of hydrogen-bond acceptors (Lipinski definition) is 4. The zero-order valence-electron chi connectivity index (χ0n) is 14.3. The topological polar surface area (TPSA) is 45.7 Å². The number of carbonyl (C=O) groups excluding carboxylic acids is 1. The lowest BCUT2D eigenvalue weighted by molar-refractivity contribution is -0.133. The molecule has 1 aliphatic rings. The molecule has 2 heterocycles. The fourth-order valence-corrected chi connectivity index (χ4v) is 3.03. The number of aromatic nitrogens is 1. The molecule has 0 radical (unpaired) electrons. The summed E-state index contributed by atoms with van der Waals surface area (Å²) >= 11 is 3.39. The number of amides is 1. The third-order valence-electron chi connectivity index (χ3n) is 4.36. The van der Waals surface area contributed by atoms with E-state index in [1.54, 1.807) is 6.20 Å². The molecule has 25 heavy (non-hydrogen) atoms. The van der Waals surface area contributed by atoms with E-state index in [-0.39, 0.29) is 12.5 Å². The first-order valence-electron chi connectivity index (χ1n) is 8.51. The van der Waals surface area contributed by atoms with Crippen LogP contribution in [0.25, 0.3) is 0 Å². The molecule has 132 valence electrons. The fourth-order valence-electron chi connectivity index (χ4n) is 2.80. The molecule has 1 aromatic heterocycles. The molecule has 1 saturated heterocycles. The van der Waals surface area contributed by atoms with E-state index in [0.29, 0.717) is 13.1 Å². The molecular formula is C19H22BrN3O2. The standard InChI is InChI=1S/C19H22BrN3O2/c1-2-15-3-6-17(7-4-15)25-14-19(24)23-11-9-22(10-12-23)18-8-5-16(20)13-21-18/h3-8,13H,2,9-12,14H2,1H3. The van der Waals surface area contributed by atoms with Crippen molar-refractivity contribution >= 4 is 27.7 Å². The lowest BCUT2D eigenvalue weighted by atomic mass is 10.2. The lowest BCUT2D eigenvalue weighted by Crippen LogP contribution is -2.50. The van der Waals surface area contributed by atoms with Crippen LogP contribution in [0.1, 0.15) is 12.5 Å². The Kier molecular flexibility index (Phi) is 5.91. The Hall–Kier alpha value is -2.08. The van der Waals surface area contributed by atoms with Crippen LogP contribution in [0.4, 0.5) is 5.82 Å². The minimum atomic E-state index is 0.0305. The van der Waals surface area contributed by atoms with E-state index in [2.05, 4.69) is 32.7 Å². The van der Waals surface area contributed by atoms with Gasteiger partial charge in [0.25, 0.3) is 5.91 Å². The van der Waals surface area contributed by atoms with E-state index >= 15 is 0 Å². The second-order valence-corrected chi connectivity index (χ2v) is 6.90. The van der Waals surface area contributed by atoms with Crippen LogP contribution in [0, 0.1) is 0 Å². The number of piperazine rings is 1. The number of rotatable bonds is 5. The van der Waals surface area contributed by atoms with E-state index < -0.39 is 0 Å². The maximum Gasteiger partial charge on any atom is 0.260 e. The number of nitrogens with zero attached hydrogens (tertiary/aromatic N) is 3. The molecule has 1 aromatic carbocycles. The molecule has 0 unspecified atom stereocenters. The van der Waals surface area contributed by atoms with Crippen LogP contribution in [0.2, 0.25) is 0 Å². The normalized spacial score (nSPS) is 14.5. The monoisotopic (exact) mass is 403 g/mol. The van der Waals surface area contributed by atoms with E-state index in [1.165, 1.54) is 5.56 Å². The van der Waals surface area contributed by atoms with Crippen molar-refractivity contribution in [3.05, 3.63) is 52.6 Å². The van der Waals surface area contributed by atoms with Gasteiger partial charge in [-0.25, -0.2) is 4.98 Å². The highest BCUT2D eigenvalue weighted by molar-refractivity contribution is 9.10. The van der Waals surface area contributed by atoms with Gasteiger partial charge in [-0.1, -0.05) is 19.1 Å². The van der Waals surface area contributed by atoms with Gasteiger partial charge in [0.2, 0.25) is 0 Å². The van der Waals surface area contributed by atoms with Gasteiger partial charge in [0, 0.05) is 36.8 Å². The summed E-state index contributed by atoms with van der Waals surface area (Å²) in [5.41, 5.74) is 1.26. The highest BCUT2D eigenvalue weighted by Gasteiger charge is 2.22. The van der Waals surface area contributed by atoms with Crippen molar-refractivity contribution in [2.24, 2.45) is 0 Å². The van der Waals surface area contributed by atoms with Crippen LogP contribution < -0.4 is 9.64 Å². The maximum atomic E-state index is 12.3. The van der Waals surface area contributed by atoms with Crippen LogP contribution in [0.15, 0.2) is 47.1 Å². The Morgan fingerprint density at radius 3 is 2.44 bits per heavy atom. The first-order chi connectivity index (χ1) is 12.2. The molecule has 0 N–H and O–H groups in total. The smallest absolute Gasteiger partial charge is 0.260 e. The van der Waals surface area contributed by atoms with Crippen molar-refractivity contribution in [1.29, 1.82) is 0 Å². The molecule has 3 rings (SSSR count). The first-order valence-corrected chi connectivity index (χ1v) is 9.31. The molecule has 0 bridgehead atoms. The van der Waals surface area contributed by atoms with Gasteiger partial charge >= 0.3 is 0 Å². The zero-order chi connectivity index (χ0) is 17.6. The number of benzene rings is 1. The molecule has 5 nitrogen and oxygen atoms in total. The number of hydrogen-bond donors (Lipinski definition) is 0. The van der Waals surface area contributed by atoms with Crippen LogP contribution in [-0.2, 0) is 11.2 Å². The van der Waals surface area contributed by atoms with Crippen LogP contribution in [0.5, 0.6) is 5.75 Å². The molecule has 1 fully saturated rings. The average Bonchev–Trinajstić information content (AvgIpc) is 2.67. The van der Waals surface area contributed by atoms with E-state index in [4.69, 9.17) is 4.74 Å². The third-order valence-corrected chi connectivity index (χ3v) is 4.83. The van der Waals surface area contributed by atoms with Crippen molar-refractivity contribution in [3.8, 4) is 5.75 Å². The predicted molar refractivity (Wildman–Crippen MR) is 102 cm³/mol. The van der Waals surface area contributed by atoms with Crippen molar-refractivity contribution in [1.82, 2.24) is 9.88 Å². The van der Waals surface area contributed by atoms with Gasteiger partial charge in [-0.05, 0) is 52.2 Å². The van der Waals surface area contributed by atoms with Crippen molar-refractivity contribution in [3.63, 3.8) is 0 Å². The average molecular weight is 404 g/mol. The van der Waals surface area contributed by atoms with E-state index in [0.717, 1.165) is 35.6 Å². The number of pyridine rings is 1. The van der Waals surface area contributed by atoms with Gasteiger partial charge in [0.1, 0.15) is 11.6 Å². The largest absolute Gasteiger partial charge is 0.484 e. The minimum absolute atomic E-state index is 0.0305. The highest BCUT2D eigenvalue weighted by Crippen LogP contribution is 2.17. The van der Waals surface area contributed by atoms with Gasteiger partial charge in [-0.3, -0.25) is 4.79 Å². The summed E-state index contributed by atoms with van der Waals surface area (Å²) in [4.78, 5) is 20.8. The molecule has 6 heteroatoms. The summed E-state index contributed by atoms with van der Waals surface area (Å²) in [6.45, 7) is 5.14. The first kappa shape index (κ1) is 17.7. The zero-order valence-corrected chi connectivity index (χ0v) is 15.9. The molecule has 2 aromatic rings. The lowest BCUT2D eigenvalue weighted by Gasteiger charge is -2.35. The quantitative estimate of drug-likeness (QED) is 0.768. The van der Waals surface area contributed by atoms with E-state index in [9.17, 15) is 4.79 Å². The summed E-state index contributed by atoms with van der Waals surface area (Å²) in [5, 5.41) is 0. The van der Waals surface area contributed by atoms with E-state index in [1.807, 2.05) is 41.3 Å². The fraction of sp³-hybridized carbons (Fsp3) is 0.368. The summed E-state index contributed by atoms with van der Waals surface area (Å²) in [6, 6.07) is 11.9. The van der Waals surface area contributed by atoms with Gasteiger partial charge in [-0.15, -0.1) is 0 Å². The molecular weight excluding hydrogens is 382 g/mol. The second-order valence-electron chi connectivity index (χ2n) is 5.99. The number of anilines is 1. The molecule has 1 aliphatic heterocycles. The van der Waals surface area contributed by atoms with Crippen LogP contribution in [0.3, 0.4) is 0 Å². The molecule has 1 amide bonds. The van der Waals surface area contributed by atoms with Crippen molar-refractivity contribution in [2.75, 3.05) is 37.7 Å². The van der Waals surface area contributed by atoms with Crippen LogP contribution in [-0.4, -0.2) is 48.6 Å². The summed E-state index contributed by atoms with van der Waals surface area (Å²) in [6.07, 6.45) is 2.79. The number of ether oxygens (including phenoxy) is 1. The van der Waals surface area contributed by atoms with Gasteiger partial charge in [0.15, 0.2) is 6.61 Å². The Morgan fingerprint density at radius 2 is 1.84 bits per heavy atom. The second kappa shape index (κ2) is 8.34. The predicted octanol–water partition coefficient (Wildman–Crippen LogP) is 3.13. The Labute approximate surface area is 156 Å². The van der Waals surface area contributed by atoms with Crippen molar-refractivity contribution in [2.45, 2.75) is 13.3 Å². The summed E-state index contributed by atoms with van der Waals surface area (Å²) in [7, 11) is 0. The van der Waals surface area contributed by atoms with Gasteiger partial charge in [0.05, 0.1) is 0 Å². The SMILES string of the molecule is CCc1ccc(OCC(=O)N2CCN(c3ccc(Br)cn3)CC2)cc1. The maximum absolute atomic E-state index is 12.3. The molecule has 0 aliphatic carbocycles. The Morgan fingerprint density at radius 1 is 1.12 bits per heavy atom. The van der Waals surface area contributed by atoms with Gasteiger partial charge < -0.3 is 14.5 Å². The van der Waals surface area contributed by atoms with Crippen LogP contribution >= 0.6 is 15.9 Å². The Bertz CT molecular complexity index is 696. The van der Waals surface area contributed by atoms with Crippen molar-refractivity contribution < 1.29 is 9.53 Å². The Balaban J connectivity index is 1.47. The summed E-state index contributed by atoms with van der Waals surface area (Å²) < 4.78 is 6.59. The summed E-state index contributed by atoms with van der Waals surface area (Å²) in [5.74, 6) is 1.72. The molecule has 0 saturated carbocycles. The number of halogens is 1. The third kappa shape index (κ3) is 4.72. The minimum Gasteiger partial charge on any atom is -0.484 e.